The number of aromatic nitrogens is 1. The number of rotatable bonds is 8. The smallest absolute Gasteiger partial charge is 0.260 e. The minimum atomic E-state index is -0.125. The molecule has 0 saturated carbocycles. The van der Waals surface area contributed by atoms with E-state index in [0.29, 0.717) is 29.6 Å². The Morgan fingerprint density at radius 3 is 2.47 bits per heavy atom. The molecular weight excluding hydrogens is 444 g/mol. The zero-order chi connectivity index (χ0) is 23.3. The minimum Gasteiger partial charge on any atom is -0.492 e. The Balaban J connectivity index is 1.45. The molecule has 2 aromatic heterocycles. The van der Waals surface area contributed by atoms with E-state index in [1.54, 1.807) is 11.2 Å². The van der Waals surface area contributed by atoms with Gasteiger partial charge < -0.3 is 9.15 Å². The first kappa shape index (κ1) is 21.9. The molecule has 5 rings (SSSR count). The van der Waals surface area contributed by atoms with Crippen LogP contribution in [-0.2, 0) is 13.0 Å². The molecule has 0 radical (unpaired) electrons. The fourth-order valence-corrected chi connectivity index (χ4v) is 4.82. The molecule has 0 aliphatic carbocycles. The zero-order valence-electron chi connectivity index (χ0n) is 18.8. The molecule has 0 fully saturated rings. The van der Waals surface area contributed by atoms with Gasteiger partial charge in [-0.05, 0) is 60.9 Å². The third-order valence-electron chi connectivity index (χ3n) is 5.49. The monoisotopic (exact) mass is 468 g/mol. The van der Waals surface area contributed by atoms with Gasteiger partial charge in [0.2, 0.25) is 0 Å². The van der Waals surface area contributed by atoms with Gasteiger partial charge in [-0.25, -0.2) is 4.98 Å². The van der Waals surface area contributed by atoms with E-state index in [1.165, 1.54) is 16.9 Å². The second-order valence-electron chi connectivity index (χ2n) is 7.86. The van der Waals surface area contributed by atoms with Crippen molar-refractivity contribution in [2.45, 2.75) is 19.9 Å². The zero-order valence-corrected chi connectivity index (χ0v) is 19.6. The minimum absolute atomic E-state index is 0.125. The number of hydrogen-bond donors (Lipinski definition) is 0. The molecule has 0 atom stereocenters. The average molecular weight is 469 g/mol. The van der Waals surface area contributed by atoms with Gasteiger partial charge in [0.05, 0.1) is 24.1 Å². The number of anilines is 1. The summed E-state index contributed by atoms with van der Waals surface area (Å²) in [5.74, 6) is 1.29. The molecule has 1 amide bonds. The van der Waals surface area contributed by atoms with E-state index in [2.05, 4.69) is 12.1 Å². The van der Waals surface area contributed by atoms with Gasteiger partial charge in [-0.2, -0.15) is 0 Å². The lowest BCUT2D eigenvalue weighted by molar-refractivity contribution is 0.0983. The quantitative estimate of drug-likeness (QED) is 0.253. The lowest BCUT2D eigenvalue weighted by Gasteiger charge is -2.19. The highest BCUT2D eigenvalue weighted by atomic mass is 32.1. The van der Waals surface area contributed by atoms with Crippen LogP contribution in [0.25, 0.3) is 10.2 Å². The van der Waals surface area contributed by atoms with Crippen molar-refractivity contribution in [3.05, 3.63) is 114 Å². The van der Waals surface area contributed by atoms with Gasteiger partial charge in [0.15, 0.2) is 5.13 Å². The maximum absolute atomic E-state index is 13.6. The summed E-state index contributed by atoms with van der Waals surface area (Å²) in [6, 6.07) is 27.6. The van der Waals surface area contributed by atoms with Crippen LogP contribution in [0.5, 0.6) is 5.75 Å². The predicted molar refractivity (Wildman–Crippen MR) is 136 cm³/mol. The molecule has 2 heterocycles. The predicted octanol–water partition coefficient (Wildman–Crippen LogP) is 6.73. The Bertz CT molecular complexity index is 1380. The number of para-hydroxylation sites is 1. The summed E-state index contributed by atoms with van der Waals surface area (Å²) in [4.78, 5) is 20.1. The van der Waals surface area contributed by atoms with Gasteiger partial charge in [-0.3, -0.25) is 9.69 Å². The van der Waals surface area contributed by atoms with Crippen LogP contribution in [0.2, 0.25) is 0 Å². The molecule has 5 nitrogen and oxygen atoms in total. The number of thiazole rings is 1. The van der Waals surface area contributed by atoms with Crippen LogP contribution in [0.1, 0.15) is 34.2 Å². The molecule has 0 N–H and O–H groups in total. The lowest BCUT2D eigenvalue weighted by Crippen LogP contribution is -2.30. The third kappa shape index (κ3) is 4.72. The summed E-state index contributed by atoms with van der Waals surface area (Å²) in [5.41, 5.74) is 3.76. The summed E-state index contributed by atoms with van der Waals surface area (Å²) < 4.78 is 12.3. The Kier molecular flexibility index (Phi) is 6.40. The molecule has 0 bridgehead atoms. The lowest BCUT2D eigenvalue weighted by atomic mass is 10.0. The standard InChI is InChI=1S/C28H24N2O3S/c1-2-32-24-11-6-12-25-26(24)29-28(34-25)30(19-23-10-7-17-33-23)27(31)22-15-13-21(14-16-22)18-20-8-4-3-5-9-20/h3-17H,2,18-19H2,1H3. The molecule has 0 spiro atoms. The fraction of sp³-hybridized carbons (Fsp3) is 0.143. The molecule has 5 aromatic rings. The second-order valence-corrected chi connectivity index (χ2v) is 8.87. The number of ether oxygens (including phenoxy) is 1. The Hall–Kier alpha value is -3.90. The van der Waals surface area contributed by atoms with E-state index in [-0.39, 0.29) is 5.91 Å². The number of carbonyl (C=O) groups excluding carboxylic acids is 1. The molecular formula is C28H24N2O3S. The van der Waals surface area contributed by atoms with E-state index in [0.717, 1.165) is 28.0 Å². The van der Waals surface area contributed by atoms with Gasteiger partial charge in [0.1, 0.15) is 17.0 Å². The van der Waals surface area contributed by atoms with Crippen molar-refractivity contribution in [3.8, 4) is 5.75 Å². The van der Waals surface area contributed by atoms with Gasteiger partial charge in [-0.1, -0.05) is 59.9 Å². The van der Waals surface area contributed by atoms with Crippen molar-refractivity contribution in [1.82, 2.24) is 4.98 Å². The highest BCUT2D eigenvalue weighted by molar-refractivity contribution is 7.22. The van der Waals surface area contributed by atoms with E-state index < -0.39 is 0 Å². The first-order chi connectivity index (χ1) is 16.7. The maximum Gasteiger partial charge on any atom is 0.260 e. The van der Waals surface area contributed by atoms with Crippen LogP contribution in [0.3, 0.4) is 0 Å². The van der Waals surface area contributed by atoms with E-state index in [4.69, 9.17) is 14.1 Å². The summed E-state index contributed by atoms with van der Waals surface area (Å²) >= 11 is 1.47. The molecule has 34 heavy (non-hydrogen) atoms. The molecule has 0 saturated heterocycles. The average Bonchev–Trinajstić information content (AvgIpc) is 3.54. The van der Waals surface area contributed by atoms with Crippen molar-refractivity contribution >= 4 is 32.6 Å². The molecule has 0 aliphatic rings. The van der Waals surface area contributed by atoms with Gasteiger partial charge in [0, 0.05) is 5.56 Å². The van der Waals surface area contributed by atoms with Crippen molar-refractivity contribution in [2.24, 2.45) is 0 Å². The number of hydrogen-bond acceptors (Lipinski definition) is 5. The number of amides is 1. The van der Waals surface area contributed by atoms with Gasteiger partial charge in [-0.15, -0.1) is 0 Å². The highest BCUT2D eigenvalue weighted by Crippen LogP contribution is 2.35. The Morgan fingerprint density at radius 2 is 1.74 bits per heavy atom. The fourth-order valence-electron chi connectivity index (χ4n) is 3.84. The number of furan rings is 1. The Labute approximate surface area is 202 Å². The summed E-state index contributed by atoms with van der Waals surface area (Å²) in [5, 5.41) is 0.608. The molecule has 3 aromatic carbocycles. The van der Waals surface area contributed by atoms with Crippen LogP contribution in [-0.4, -0.2) is 17.5 Å². The first-order valence-electron chi connectivity index (χ1n) is 11.2. The van der Waals surface area contributed by atoms with E-state index in [9.17, 15) is 4.79 Å². The molecule has 0 aliphatic heterocycles. The van der Waals surface area contributed by atoms with Crippen LogP contribution >= 0.6 is 11.3 Å². The normalized spacial score (nSPS) is 11.0. The van der Waals surface area contributed by atoms with Gasteiger partial charge >= 0.3 is 0 Å². The number of fused-ring (bicyclic) bond motifs is 1. The molecule has 6 heteroatoms. The van der Waals surface area contributed by atoms with Crippen LogP contribution < -0.4 is 9.64 Å². The topological polar surface area (TPSA) is 55.6 Å². The maximum atomic E-state index is 13.6. The third-order valence-corrected chi connectivity index (χ3v) is 6.54. The van der Waals surface area contributed by atoms with Crippen molar-refractivity contribution in [2.75, 3.05) is 11.5 Å². The van der Waals surface area contributed by atoms with E-state index >= 15 is 0 Å². The van der Waals surface area contributed by atoms with Crippen molar-refractivity contribution < 1.29 is 13.9 Å². The summed E-state index contributed by atoms with van der Waals surface area (Å²) in [6.45, 7) is 2.79. The SMILES string of the molecule is CCOc1cccc2sc(N(Cc3ccco3)C(=O)c3ccc(Cc4ccccc4)cc3)nc12. The van der Waals surface area contributed by atoms with Gasteiger partial charge in [0.25, 0.3) is 5.91 Å². The summed E-state index contributed by atoms with van der Waals surface area (Å²) in [6.07, 6.45) is 2.44. The highest BCUT2D eigenvalue weighted by Gasteiger charge is 2.23. The first-order valence-corrected chi connectivity index (χ1v) is 12.0. The van der Waals surface area contributed by atoms with Crippen LogP contribution in [0, 0.1) is 0 Å². The van der Waals surface area contributed by atoms with Crippen LogP contribution in [0.4, 0.5) is 5.13 Å². The second kappa shape index (κ2) is 9.93. The van der Waals surface area contributed by atoms with Crippen molar-refractivity contribution in [3.63, 3.8) is 0 Å². The number of nitrogens with zero attached hydrogens (tertiary/aromatic N) is 2. The largest absolute Gasteiger partial charge is 0.492 e. The number of benzene rings is 3. The summed E-state index contributed by atoms with van der Waals surface area (Å²) in [7, 11) is 0. The number of carbonyl (C=O) groups is 1. The van der Waals surface area contributed by atoms with Crippen molar-refractivity contribution in [1.29, 1.82) is 0 Å². The Morgan fingerprint density at radius 1 is 0.941 bits per heavy atom. The van der Waals surface area contributed by atoms with E-state index in [1.807, 2.05) is 79.7 Å². The molecule has 0 unspecified atom stereocenters. The molecule has 170 valence electrons. The van der Waals surface area contributed by atoms with Crippen LogP contribution in [0.15, 0.2) is 95.6 Å².